The number of hydrogen-bond donors (Lipinski definition) is 1. The highest BCUT2D eigenvalue weighted by atomic mass is 35.5. The van der Waals surface area contributed by atoms with Gasteiger partial charge in [-0.1, -0.05) is 36.4 Å². The van der Waals surface area contributed by atoms with Crippen LogP contribution in [-0.2, 0) is 17.8 Å². The van der Waals surface area contributed by atoms with Crippen molar-refractivity contribution in [2.45, 2.75) is 52.1 Å². The van der Waals surface area contributed by atoms with E-state index in [2.05, 4.69) is 36.9 Å². The van der Waals surface area contributed by atoms with E-state index in [4.69, 9.17) is 5.73 Å². The van der Waals surface area contributed by atoms with Crippen molar-refractivity contribution in [1.29, 1.82) is 0 Å². The Balaban J connectivity index is 0.00000225. The molecular formula is C21H27ClN2O. The van der Waals surface area contributed by atoms with Crippen LogP contribution in [0.25, 0.3) is 0 Å². The third-order valence-electron chi connectivity index (χ3n) is 4.90. The number of halogens is 1. The number of carbonyl (C=O) groups excluding carboxylic acids is 1. The molecular weight excluding hydrogens is 332 g/mol. The molecule has 2 N–H and O–H groups in total. The van der Waals surface area contributed by atoms with E-state index in [1.165, 1.54) is 16.7 Å². The van der Waals surface area contributed by atoms with Gasteiger partial charge in [-0.2, -0.15) is 0 Å². The molecule has 0 unspecified atom stereocenters. The summed E-state index contributed by atoms with van der Waals surface area (Å²) >= 11 is 0. The smallest absolute Gasteiger partial charge is 0.223 e. The summed E-state index contributed by atoms with van der Waals surface area (Å²) < 4.78 is 0. The van der Waals surface area contributed by atoms with Gasteiger partial charge in [0.2, 0.25) is 5.91 Å². The van der Waals surface area contributed by atoms with Gasteiger partial charge in [0.1, 0.15) is 0 Å². The Hall–Kier alpha value is -2.00. The minimum atomic E-state index is 0. The van der Waals surface area contributed by atoms with Gasteiger partial charge in [0.25, 0.3) is 0 Å². The van der Waals surface area contributed by atoms with Gasteiger partial charge in [-0.25, -0.2) is 0 Å². The molecule has 0 aliphatic heterocycles. The number of nitrogens with zero attached hydrogens (tertiary/aromatic N) is 1. The molecule has 25 heavy (non-hydrogen) atoms. The van der Waals surface area contributed by atoms with E-state index < -0.39 is 0 Å². The van der Waals surface area contributed by atoms with E-state index in [1.54, 1.807) is 0 Å². The van der Waals surface area contributed by atoms with Crippen LogP contribution >= 0.6 is 12.4 Å². The predicted octanol–water partition coefficient (Wildman–Crippen LogP) is 4.43. The van der Waals surface area contributed by atoms with Gasteiger partial charge in [0.15, 0.2) is 0 Å². The topological polar surface area (TPSA) is 46.3 Å². The van der Waals surface area contributed by atoms with Gasteiger partial charge < -0.3 is 10.6 Å². The lowest BCUT2D eigenvalue weighted by atomic mass is 10.0. The SMILES string of the molecule is Cc1ccc(CN(C(=O)CCc2ccccc2N)C2CC2)cc1C.Cl. The van der Waals surface area contributed by atoms with Crippen molar-refractivity contribution in [2.75, 3.05) is 5.73 Å². The van der Waals surface area contributed by atoms with Gasteiger partial charge >= 0.3 is 0 Å². The Labute approximate surface area is 156 Å². The molecule has 0 spiro atoms. The van der Waals surface area contributed by atoms with Gasteiger partial charge in [-0.15, -0.1) is 12.4 Å². The zero-order valence-electron chi connectivity index (χ0n) is 15.0. The Morgan fingerprint density at radius 1 is 1.12 bits per heavy atom. The van der Waals surface area contributed by atoms with Crippen LogP contribution in [0.5, 0.6) is 0 Å². The molecule has 0 radical (unpaired) electrons. The van der Waals surface area contributed by atoms with Crippen LogP contribution < -0.4 is 5.73 Å². The summed E-state index contributed by atoms with van der Waals surface area (Å²) in [5.41, 5.74) is 11.6. The first-order valence-electron chi connectivity index (χ1n) is 8.73. The standard InChI is InChI=1S/C21H26N2O.ClH/c1-15-7-8-17(13-16(15)2)14-23(19-10-11-19)21(24)12-9-18-5-3-4-6-20(18)22;/h3-8,13,19H,9-12,14,22H2,1-2H3;1H. The molecule has 1 aliphatic carbocycles. The maximum atomic E-state index is 12.8. The number of aryl methyl sites for hydroxylation is 3. The molecule has 3 nitrogen and oxygen atoms in total. The summed E-state index contributed by atoms with van der Waals surface area (Å²) in [6, 6.07) is 14.7. The number of nitrogens with two attached hydrogens (primary N) is 1. The molecule has 0 bridgehead atoms. The third-order valence-corrected chi connectivity index (χ3v) is 4.90. The number of benzene rings is 2. The van der Waals surface area contributed by atoms with Crippen molar-refractivity contribution < 1.29 is 4.79 Å². The average molecular weight is 359 g/mol. The van der Waals surface area contributed by atoms with Crippen LogP contribution in [0.3, 0.4) is 0 Å². The fourth-order valence-electron chi connectivity index (χ4n) is 3.05. The largest absolute Gasteiger partial charge is 0.399 e. The zero-order valence-corrected chi connectivity index (χ0v) is 15.8. The number of hydrogen-bond acceptors (Lipinski definition) is 2. The first-order chi connectivity index (χ1) is 11.5. The molecule has 134 valence electrons. The molecule has 1 aliphatic rings. The van der Waals surface area contributed by atoms with E-state index in [0.29, 0.717) is 18.9 Å². The van der Waals surface area contributed by atoms with Gasteiger partial charge in [0.05, 0.1) is 0 Å². The van der Waals surface area contributed by atoms with E-state index in [0.717, 1.165) is 30.6 Å². The number of nitrogen functional groups attached to an aromatic ring is 1. The van der Waals surface area contributed by atoms with E-state index in [9.17, 15) is 4.79 Å². The first-order valence-corrected chi connectivity index (χ1v) is 8.73. The van der Waals surface area contributed by atoms with Crippen molar-refractivity contribution >= 4 is 24.0 Å². The predicted molar refractivity (Wildman–Crippen MR) is 106 cm³/mol. The fraction of sp³-hybridized carbons (Fsp3) is 0.381. The highest BCUT2D eigenvalue weighted by Crippen LogP contribution is 2.29. The van der Waals surface area contributed by atoms with Crippen molar-refractivity contribution in [1.82, 2.24) is 4.90 Å². The second kappa shape index (κ2) is 8.39. The zero-order chi connectivity index (χ0) is 17.1. The first kappa shape index (κ1) is 19.3. The summed E-state index contributed by atoms with van der Waals surface area (Å²) in [6.45, 7) is 4.96. The van der Waals surface area contributed by atoms with Crippen LogP contribution in [0.15, 0.2) is 42.5 Å². The minimum Gasteiger partial charge on any atom is -0.399 e. The number of carbonyl (C=O) groups is 1. The summed E-state index contributed by atoms with van der Waals surface area (Å²) in [7, 11) is 0. The summed E-state index contributed by atoms with van der Waals surface area (Å²) in [5.74, 6) is 0.235. The van der Waals surface area contributed by atoms with Crippen LogP contribution in [-0.4, -0.2) is 16.8 Å². The molecule has 4 heteroatoms. The van der Waals surface area contributed by atoms with Crippen LogP contribution in [0.1, 0.15) is 41.5 Å². The van der Waals surface area contributed by atoms with Crippen molar-refractivity contribution in [3.63, 3.8) is 0 Å². The van der Waals surface area contributed by atoms with Crippen LogP contribution in [0.4, 0.5) is 5.69 Å². The number of amides is 1. The minimum absolute atomic E-state index is 0. The second-order valence-corrected chi connectivity index (χ2v) is 6.87. The fourth-order valence-corrected chi connectivity index (χ4v) is 3.05. The lowest BCUT2D eigenvalue weighted by Crippen LogP contribution is -2.32. The van der Waals surface area contributed by atoms with Crippen molar-refractivity contribution in [3.05, 3.63) is 64.7 Å². The van der Waals surface area contributed by atoms with Crippen LogP contribution in [0, 0.1) is 13.8 Å². The lowest BCUT2D eigenvalue weighted by Gasteiger charge is -2.23. The lowest BCUT2D eigenvalue weighted by molar-refractivity contribution is -0.132. The molecule has 2 aromatic carbocycles. The maximum absolute atomic E-state index is 12.8. The number of rotatable bonds is 6. The summed E-state index contributed by atoms with van der Waals surface area (Å²) in [6.07, 6.45) is 3.49. The molecule has 1 saturated carbocycles. The third kappa shape index (κ3) is 4.99. The second-order valence-electron chi connectivity index (χ2n) is 6.87. The normalized spacial score (nSPS) is 13.2. The Morgan fingerprint density at radius 2 is 1.84 bits per heavy atom. The highest BCUT2D eigenvalue weighted by molar-refractivity contribution is 5.85. The summed E-state index contributed by atoms with van der Waals surface area (Å²) in [5, 5.41) is 0. The van der Waals surface area contributed by atoms with Crippen molar-refractivity contribution in [2.24, 2.45) is 0 Å². The van der Waals surface area contributed by atoms with E-state index in [1.807, 2.05) is 24.3 Å². The van der Waals surface area contributed by atoms with E-state index >= 15 is 0 Å². The maximum Gasteiger partial charge on any atom is 0.223 e. The van der Waals surface area contributed by atoms with Gasteiger partial charge in [-0.3, -0.25) is 4.79 Å². The summed E-state index contributed by atoms with van der Waals surface area (Å²) in [4.78, 5) is 14.8. The molecule has 0 aromatic heterocycles. The molecule has 0 atom stereocenters. The van der Waals surface area contributed by atoms with E-state index in [-0.39, 0.29) is 18.3 Å². The monoisotopic (exact) mass is 358 g/mol. The van der Waals surface area contributed by atoms with Gasteiger partial charge in [-0.05, 0) is 61.4 Å². The Kier molecular flexibility index (Phi) is 6.49. The molecule has 2 aromatic rings. The molecule has 1 amide bonds. The highest BCUT2D eigenvalue weighted by Gasteiger charge is 2.32. The number of para-hydroxylation sites is 1. The van der Waals surface area contributed by atoms with Gasteiger partial charge in [0, 0.05) is 24.7 Å². The van der Waals surface area contributed by atoms with Crippen molar-refractivity contribution in [3.8, 4) is 0 Å². The number of anilines is 1. The van der Waals surface area contributed by atoms with Crippen LogP contribution in [0.2, 0.25) is 0 Å². The Morgan fingerprint density at radius 3 is 2.48 bits per heavy atom. The quantitative estimate of drug-likeness (QED) is 0.776. The molecule has 1 fully saturated rings. The molecule has 3 rings (SSSR count). The molecule has 0 saturated heterocycles. The Bertz CT molecular complexity index is 740. The average Bonchev–Trinajstić information content (AvgIpc) is 3.39. The molecule has 0 heterocycles.